The molecule has 2 N–H and O–H groups in total. The second-order valence-corrected chi connectivity index (χ2v) is 11.6. The van der Waals surface area contributed by atoms with E-state index in [9.17, 15) is 4.79 Å². The van der Waals surface area contributed by atoms with Crippen LogP contribution in [0, 0.1) is 5.41 Å². The molecule has 0 radical (unpaired) electrons. The average Bonchev–Trinajstić information content (AvgIpc) is 2.30. The van der Waals surface area contributed by atoms with Crippen LogP contribution in [0.1, 0.15) is 67.7 Å². The lowest BCUT2D eigenvalue weighted by Gasteiger charge is -2.36. The van der Waals surface area contributed by atoms with E-state index in [0.717, 1.165) is 19.3 Å². The predicted molar refractivity (Wildman–Crippen MR) is 104 cm³/mol. The van der Waals surface area contributed by atoms with Crippen LogP contribution in [0.15, 0.2) is 0 Å². The van der Waals surface area contributed by atoms with Crippen molar-refractivity contribution in [2.75, 3.05) is 6.54 Å². The Morgan fingerprint density at radius 1 is 1.17 bits per heavy atom. The molecule has 0 fully saturated rings. The Labute approximate surface area is 151 Å². The van der Waals surface area contributed by atoms with E-state index in [2.05, 4.69) is 33.9 Å². The molecule has 24 heavy (non-hydrogen) atoms. The molecule has 0 aromatic rings. The Morgan fingerprint density at radius 2 is 1.71 bits per heavy atom. The maximum absolute atomic E-state index is 12.7. The summed E-state index contributed by atoms with van der Waals surface area (Å²) in [5.74, 6) is 0. The minimum Gasteiger partial charge on any atom is -0.444 e. The molecule has 0 aromatic heterocycles. The van der Waals surface area contributed by atoms with Crippen molar-refractivity contribution in [1.82, 2.24) is 4.90 Å². The van der Waals surface area contributed by atoms with Gasteiger partial charge in [0.1, 0.15) is 11.8 Å². The second-order valence-electron chi connectivity index (χ2n) is 9.20. The van der Waals surface area contributed by atoms with Crippen LogP contribution in [-0.2, 0) is 9.16 Å². The molecule has 0 aliphatic rings. The van der Waals surface area contributed by atoms with Crippen LogP contribution in [0.3, 0.4) is 0 Å². The number of carbonyl (C=O) groups is 1. The monoisotopic (exact) mass is 360 g/mol. The van der Waals surface area contributed by atoms with Crippen molar-refractivity contribution < 1.29 is 14.0 Å². The van der Waals surface area contributed by atoms with Gasteiger partial charge in [0.2, 0.25) is 0 Å². The smallest absolute Gasteiger partial charge is 0.412 e. The van der Waals surface area contributed by atoms with Gasteiger partial charge in [-0.25, -0.2) is 4.79 Å². The molecule has 0 aliphatic carbocycles. The van der Waals surface area contributed by atoms with Crippen LogP contribution in [-0.4, -0.2) is 44.4 Å². The van der Waals surface area contributed by atoms with Crippen molar-refractivity contribution in [1.29, 1.82) is 0 Å². The lowest BCUT2D eigenvalue weighted by Crippen LogP contribution is -2.50. The minimum atomic E-state index is -1.30. The van der Waals surface area contributed by atoms with E-state index in [0.29, 0.717) is 6.54 Å². The van der Waals surface area contributed by atoms with Crippen LogP contribution in [0.2, 0.25) is 13.1 Å². The molecule has 0 bridgehead atoms. The molecule has 0 saturated carbocycles. The highest BCUT2D eigenvalue weighted by molar-refractivity contribution is 6.48. The number of amides is 1. The summed E-state index contributed by atoms with van der Waals surface area (Å²) in [5, 5.41) is 0. The first-order valence-electron chi connectivity index (χ1n) is 9.12. The molecular formula is C18H40N2O3Si. The quantitative estimate of drug-likeness (QED) is 0.522. The Hall–Kier alpha value is -0.593. The van der Waals surface area contributed by atoms with Crippen molar-refractivity contribution in [3.63, 3.8) is 0 Å². The summed E-state index contributed by atoms with van der Waals surface area (Å²) in [7, 11) is -1.30. The molecule has 0 spiro atoms. The maximum Gasteiger partial charge on any atom is 0.412 e. The first kappa shape index (κ1) is 23.4. The lowest BCUT2D eigenvalue weighted by molar-refractivity contribution is -0.0265. The molecule has 5 nitrogen and oxygen atoms in total. The third-order valence-electron chi connectivity index (χ3n) is 3.27. The average molecular weight is 361 g/mol. The van der Waals surface area contributed by atoms with Gasteiger partial charge in [0.05, 0.1) is 0 Å². The van der Waals surface area contributed by atoms with Gasteiger partial charge in [0.15, 0.2) is 9.04 Å². The molecule has 0 aromatic carbocycles. The van der Waals surface area contributed by atoms with Gasteiger partial charge < -0.3 is 14.9 Å². The Kier molecular flexibility index (Phi) is 9.54. The molecule has 0 heterocycles. The van der Waals surface area contributed by atoms with Crippen molar-refractivity contribution in [2.45, 2.75) is 98.7 Å². The van der Waals surface area contributed by atoms with E-state index in [4.69, 9.17) is 14.9 Å². The van der Waals surface area contributed by atoms with E-state index < -0.39 is 14.6 Å². The Morgan fingerprint density at radius 3 is 2.08 bits per heavy atom. The first-order valence-corrected chi connectivity index (χ1v) is 11.9. The molecule has 2 atom stereocenters. The topological polar surface area (TPSA) is 64.8 Å². The summed E-state index contributed by atoms with van der Waals surface area (Å²) in [6.07, 6.45) is 2.32. The zero-order chi connectivity index (χ0) is 19.1. The summed E-state index contributed by atoms with van der Waals surface area (Å²) in [4.78, 5) is 14.3. The lowest BCUT2D eigenvalue weighted by atomic mass is 9.89. The molecule has 0 aliphatic heterocycles. The van der Waals surface area contributed by atoms with Crippen molar-refractivity contribution >= 4 is 15.1 Å². The maximum atomic E-state index is 12.7. The summed E-state index contributed by atoms with van der Waals surface area (Å²) in [5.41, 5.74) is 5.71. The van der Waals surface area contributed by atoms with Crippen LogP contribution in [0.5, 0.6) is 0 Å². The predicted octanol–water partition coefficient (Wildman–Crippen LogP) is 4.11. The van der Waals surface area contributed by atoms with E-state index in [1.165, 1.54) is 0 Å². The van der Waals surface area contributed by atoms with Gasteiger partial charge >= 0.3 is 6.09 Å². The van der Waals surface area contributed by atoms with Crippen LogP contribution in [0.4, 0.5) is 4.79 Å². The third kappa shape index (κ3) is 11.9. The standard InChI is InChI=1S/C18H40N2O3Si/c1-14(19)13-20(16(21)22-18(5,6)7)15(23-24(8)9)11-10-12-17(2,3)4/h14-15,24H,10-13,19H2,1-9H3/t14?,15-/m0/s1. The molecule has 1 unspecified atom stereocenters. The number of carbonyl (C=O) groups excluding carboxylic acids is 1. The van der Waals surface area contributed by atoms with Gasteiger partial charge in [0, 0.05) is 12.6 Å². The third-order valence-corrected chi connectivity index (χ3v) is 4.13. The highest BCUT2D eigenvalue weighted by Crippen LogP contribution is 2.24. The van der Waals surface area contributed by atoms with Gasteiger partial charge in [0.25, 0.3) is 0 Å². The molecule has 144 valence electrons. The fourth-order valence-corrected chi connectivity index (χ4v) is 3.27. The summed E-state index contributed by atoms with van der Waals surface area (Å²) < 4.78 is 11.7. The Balaban J connectivity index is 5.14. The molecule has 0 saturated heterocycles. The normalized spacial score (nSPS) is 15.3. The summed E-state index contributed by atoms with van der Waals surface area (Å²) >= 11 is 0. The van der Waals surface area contributed by atoms with E-state index >= 15 is 0 Å². The SMILES string of the molecule is CC(N)CN(C(=O)OC(C)(C)C)[C@H](CCCC(C)(C)C)O[SiH](C)C. The van der Waals surface area contributed by atoms with Gasteiger partial charge in [-0.3, -0.25) is 4.90 Å². The van der Waals surface area contributed by atoms with E-state index in [1.807, 2.05) is 27.7 Å². The number of hydrogen-bond acceptors (Lipinski definition) is 4. The van der Waals surface area contributed by atoms with Gasteiger partial charge in [-0.2, -0.15) is 0 Å². The zero-order valence-corrected chi connectivity index (χ0v) is 18.5. The Bertz CT molecular complexity index is 373. The molecule has 0 rings (SSSR count). The fourth-order valence-electron chi connectivity index (χ4n) is 2.36. The molecular weight excluding hydrogens is 320 g/mol. The number of nitrogens with zero attached hydrogens (tertiary/aromatic N) is 1. The number of rotatable bonds is 8. The summed E-state index contributed by atoms with van der Waals surface area (Å²) in [6.45, 7) is 18.9. The van der Waals surface area contributed by atoms with Crippen molar-refractivity contribution in [3.8, 4) is 0 Å². The van der Waals surface area contributed by atoms with Crippen molar-refractivity contribution in [3.05, 3.63) is 0 Å². The number of hydrogen-bond donors (Lipinski definition) is 1. The van der Waals surface area contributed by atoms with Crippen LogP contribution in [0.25, 0.3) is 0 Å². The zero-order valence-electron chi connectivity index (χ0n) is 17.3. The van der Waals surface area contributed by atoms with Crippen molar-refractivity contribution in [2.24, 2.45) is 11.1 Å². The fraction of sp³-hybridized carbons (Fsp3) is 0.944. The van der Waals surface area contributed by atoms with Crippen LogP contribution < -0.4 is 5.73 Å². The first-order chi connectivity index (χ1) is 10.7. The largest absolute Gasteiger partial charge is 0.444 e. The van der Waals surface area contributed by atoms with E-state index in [-0.39, 0.29) is 23.8 Å². The minimum absolute atomic E-state index is 0.125. The van der Waals surface area contributed by atoms with Crippen LogP contribution >= 0.6 is 0 Å². The van der Waals surface area contributed by atoms with Gasteiger partial charge in [-0.15, -0.1) is 0 Å². The highest BCUT2D eigenvalue weighted by Gasteiger charge is 2.30. The highest BCUT2D eigenvalue weighted by atomic mass is 28.3. The molecule has 6 heteroatoms. The van der Waals surface area contributed by atoms with Gasteiger partial charge in [-0.1, -0.05) is 20.8 Å². The van der Waals surface area contributed by atoms with Gasteiger partial charge in [-0.05, 0) is 65.5 Å². The number of ether oxygens (including phenoxy) is 1. The molecule has 1 amide bonds. The van der Waals surface area contributed by atoms with E-state index in [1.54, 1.807) is 4.90 Å². The summed E-state index contributed by atoms with van der Waals surface area (Å²) in [6, 6.07) is -0.125. The second kappa shape index (κ2) is 9.78. The number of nitrogens with two attached hydrogens (primary N) is 1.